The first-order valence-corrected chi connectivity index (χ1v) is 5.19. The molecule has 6 heteroatoms. The molecule has 1 amide bonds. The minimum Gasteiger partial charge on any atom is -0.397 e. The minimum absolute atomic E-state index is 0.0862. The van der Waals surface area contributed by atoms with Crippen LogP contribution in [0.3, 0.4) is 0 Å². The lowest BCUT2D eigenvalue weighted by molar-refractivity contribution is -0.120. The molecule has 0 aliphatic heterocycles. The van der Waals surface area contributed by atoms with Crippen LogP contribution >= 0.6 is 0 Å². The average Bonchev–Trinajstić information content (AvgIpc) is 2.83. The van der Waals surface area contributed by atoms with Gasteiger partial charge in [-0.15, -0.1) is 0 Å². The number of amides is 1. The molecule has 17 heavy (non-hydrogen) atoms. The largest absolute Gasteiger partial charge is 0.397 e. The Morgan fingerprint density at radius 1 is 1.41 bits per heavy atom. The van der Waals surface area contributed by atoms with E-state index in [2.05, 4.69) is 20.5 Å². The van der Waals surface area contributed by atoms with E-state index in [1.165, 1.54) is 6.20 Å². The number of nitrogens with one attached hydrogen (secondary N) is 2. The minimum atomic E-state index is -0.0862. The highest BCUT2D eigenvalue weighted by atomic mass is 16.1. The summed E-state index contributed by atoms with van der Waals surface area (Å²) in [6, 6.07) is 5.28. The molecule has 0 bridgehead atoms. The zero-order valence-electron chi connectivity index (χ0n) is 9.18. The van der Waals surface area contributed by atoms with Gasteiger partial charge in [0.1, 0.15) is 0 Å². The molecule has 0 aliphatic carbocycles. The monoisotopic (exact) mass is 231 g/mol. The average molecular weight is 231 g/mol. The molecule has 2 aromatic rings. The molecule has 0 aliphatic rings. The van der Waals surface area contributed by atoms with E-state index in [0.29, 0.717) is 17.9 Å². The van der Waals surface area contributed by atoms with E-state index >= 15 is 0 Å². The Kier molecular flexibility index (Phi) is 3.34. The third-order valence-corrected chi connectivity index (χ3v) is 2.22. The van der Waals surface area contributed by atoms with E-state index in [1.807, 2.05) is 6.07 Å². The fourth-order valence-electron chi connectivity index (χ4n) is 1.34. The number of nitrogens with zero attached hydrogens (tertiary/aromatic N) is 2. The van der Waals surface area contributed by atoms with Gasteiger partial charge in [0.05, 0.1) is 30.5 Å². The van der Waals surface area contributed by atoms with Crippen molar-refractivity contribution in [2.75, 3.05) is 5.73 Å². The third-order valence-electron chi connectivity index (χ3n) is 2.22. The summed E-state index contributed by atoms with van der Waals surface area (Å²) in [5.41, 5.74) is 7.66. The van der Waals surface area contributed by atoms with Crippen LogP contribution in [0.25, 0.3) is 0 Å². The van der Waals surface area contributed by atoms with Crippen molar-refractivity contribution >= 4 is 11.6 Å². The molecule has 0 saturated heterocycles. The van der Waals surface area contributed by atoms with Crippen LogP contribution in [0.4, 0.5) is 5.69 Å². The normalized spacial score (nSPS) is 10.1. The van der Waals surface area contributed by atoms with Gasteiger partial charge in [-0.2, -0.15) is 5.10 Å². The smallest absolute Gasteiger partial charge is 0.226 e. The number of nitrogen functional groups attached to an aromatic ring is 1. The highest BCUT2D eigenvalue weighted by Crippen LogP contribution is 2.01. The van der Waals surface area contributed by atoms with Gasteiger partial charge in [0.2, 0.25) is 5.91 Å². The highest BCUT2D eigenvalue weighted by Gasteiger charge is 2.04. The Bertz CT molecular complexity index is 477. The molecule has 0 atom stereocenters. The van der Waals surface area contributed by atoms with Crippen molar-refractivity contribution in [3.63, 3.8) is 0 Å². The Balaban J connectivity index is 1.83. The number of anilines is 1. The summed E-state index contributed by atoms with van der Waals surface area (Å²) in [7, 11) is 0. The van der Waals surface area contributed by atoms with Gasteiger partial charge < -0.3 is 11.1 Å². The van der Waals surface area contributed by atoms with E-state index in [0.717, 1.165) is 5.69 Å². The van der Waals surface area contributed by atoms with E-state index in [4.69, 9.17) is 5.73 Å². The number of carbonyl (C=O) groups is 1. The van der Waals surface area contributed by atoms with Crippen molar-refractivity contribution in [3.05, 3.63) is 42.0 Å². The summed E-state index contributed by atoms with van der Waals surface area (Å²) in [5, 5.41) is 9.32. The molecular formula is C11H13N5O. The molecule has 2 rings (SSSR count). The molecular weight excluding hydrogens is 218 g/mol. The molecule has 0 unspecified atom stereocenters. The van der Waals surface area contributed by atoms with Gasteiger partial charge in [0.15, 0.2) is 0 Å². The first kappa shape index (κ1) is 11.1. The SMILES string of the molecule is Nc1ccc(CC(=O)NCc2ccn[nH]2)nc1. The lowest BCUT2D eigenvalue weighted by atomic mass is 10.2. The maximum Gasteiger partial charge on any atom is 0.226 e. The number of aromatic nitrogens is 3. The second-order valence-corrected chi connectivity index (χ2v) is 3.62. The maximum absolute atomic E-state index is 11.6. The summed E-state index contributed by atoms with van der Waals surface area (Å²) in [6.45, 7) is 0.438. The molecule has 0 fully saturated rings. The number of hydrogen-bond acceptors (Lipinski definition) is 4. The van der Waals surface area contributed by atoms with Crippen molar-refractivity contribution in [1.29, 1.82) is 0 Å². The second kappa shape index (κ2) is 5.11. The zero-order valence-corrected chi connectivity index (χ0v) is 9.18. The van der Waals surface area contributed by atoms with E-state index < -0.39 is 0 Å². The van der Waals surface area contributed by atoms with Crippen molar-refractivity contribution < 1.29 is 4.79 Å². The molecule has 6 nitrogen and oxygen atoms in total. The molecule has 0 spiro atoms. The van der Waals surface area contributed by atoms with Crippen molar-refractivity contribution in [2.45, 2.75) is 13.0 Å². The lowest BCUT2D eigenvalue weighted by Gasteiger charge is -2.03. The maximum atomic E-state index is 11.6. The van der Waals surface area contributed by atoms with Gasteiger partial charge in [-0.25, -0.2) is 0 Å². The van der Waals surface area contributed by atoms with Gasteiger partial charge in [-0.05, 0) is 18.2 Å². The quantitative estimate of drug-likeness (QED) is 0.702. The van der Waals surface area contributed by atoms with Crippen LogP contribution in [0.5, 0.6) is 0 Å². The van der Waals surface area contributed by atoms with Gasteiger partial charge >= 0.3 is 0 Å². The molecule has 88 valence electrons. The van der Waals surface area contributed by atoms with Crippen LogP contribution in [0.2, 0.25) is 0 Å². The number of H-pyrrole nitrogens is 1. The van der Waals surface area contributed by atoms with Gasteiger partial charge in [-0.1, -0.05) is 0 Å². The Hall–Kier alpha value is -2.37. The van der Waals surface area contributed by atoms with Crippen molar-refractivity contribution in [1.82, 2.24) is 20.5 Å². The lowest BCUT2D eigenvalue weighted by Crippen LogP contribution is -2.25. The molecule has 2 aromatic heterocycles. The number of pyridine rings is 1. The fraction of sp³-hybridized carbons (Fsp3) is 0.182. The molecule has 0 saturated carbocycles. The molecule has 0 radical (unpaired) electrons. The van der Waals surface area contributed by atoms with Gasteiger partial charge in [-0.3, -0.25) is 14.9 Å². The fourth-order valence-corrected chi connectivity index (χ4v) is 1.34. The standard InChI is InChI=1S/C11H13N5O/c12-8-1-2-9(13-6-8)5-11(17)14-7-10-3-4-15-16-10/h1-4,6H,5,7,12H2,(H,14,17)(H,15,16). The van der Waals surface area contributed by atoms with Crippen LogP contribution in [0.1, 0.15) is 11.4 Å². The van der Waals surface area contributed by atoms with E-state index in [1.54, 1.807) is 18.3 Å². The predicted molar refractivity (Wildman–Crippen MR) is 62.8 cm³/mol. The second-order valence-electron chi connectivity index (χ2n) is 3.62. The third kappa shape index (κ3) is 3.30. The molecule has 0 aromatic carbocycles. The van der Waals surface area contributed by atoms with E-state index in [-0.39, 0.29) is 12.3 Å². The van der Waals surface area contributed by atoms with Crippen LogP contribution in [-0.2, 0) is 17.8 Å². The number of rotatable bonds is 4. The number of nitrogens with two attached hydrogens (primary N) is 1. The Morgan fingerprint density at radius 3 is 2.94 bits per heavy atom. The van der Waals surface area contributed by atoms with E-state index in [9.17, 15) is 4.79 Å². The van der Waals surface area contributed by atoms with Crippen LogP contribution in [0, 0.1) is 0 Å². The predicted octanol–water partition coefficient (Wildman–Crippen LogP) is 0.246. The summed E-state index contributed by atoms with van der Waals surface area (Å²) >= 11 is 0. The Labute approximate surface area is 98.3 Å². The number of hydrogen-bond donors (Lipinski definition) is 3. The number of carbonyl (C=O) groups excluding carboxylic acids is 1. The van der Waals surface area contributed by atoms with Crippen molar-refractivity contribution in [2.24, 2.45) is 0 Å². The number of aromatic amines is 1. The molecule has 2 heterocycles. The van der Waals surface area contributed by atoms with Crippen LogP contribution in [-0.4, -0.2) is 21.1 Å². The highest BCUT2D eigenvalue weighted by molar-refractivity contribution is 5.78. The summed E-state index contributed by atoms with van der Waals surface area (Å²) in [5.74, 6) is -0.0862. The zero-order chi connectivity index (χ0) is 12.1. The van der Waals surface area contributed by atoms with Crippen LogP contribution < -0.4 is 11.1 Å². The first-order valence-electron chi connectivity index (χ1n) is 5.19. The summed E-state index contributed by atoms with van der Waals surface area (Å²) in [6.07, 6.45) is 3.43. The summed E-state index contributed by atoms with van der Waals surface area (Å²) in [4.78, 5) is 15.6. The summed E-state index contributed by atoms with van der Waals surface area (Å²) < 4.78 is 0. The van der Waals surface area contributed by atoms with Crippen molar-refractivity contribution in [3.8, 4) is 0 Å². The molecule has 4 N–H and O–H groups in total. The Morgan fingerprint density at radius 2 is 2.29 bits per heavy atom. The topological polar surface area (TPSA) is 96.7 Å². The van der Waals surface area contributed by atoms with Crippen LogP contribution in [0.15, 0.2) is 30.6 Å². The van der Waals surface area contributed by atoms with Gasteiger partial charge in [0.25, 0.3) is 0 Å². The first-order chi connectivity index (χ1) is 8.24. The van der Waals surface area contributed by atoms with Gasteiger partial charge in [0, 0.05) is 11.9 Å².